The minimum absolute atomic E-state index is 0.0397. The maximum Gasteiger partial charge on any atom is 0.200 e. The van der Waals surface area contributed by atoms with Gasteiger partial charge in [-0.15, -0.1) is 11.7 Å². The number of thioether (sulfide) groups is 1. The third-order valence-corrected chi connectivity index (χ3v) is 4.85. The summed E-state index contributed by atoms with van der Waals surface area (Å²) in [5.41, 5.74) is 0. The molecule has 0 aromatic carbocycles. The summed E-state index contributed by atoms with van der Waals surface area (Å²) in [4.78, 5) is 11.7. The monoisotopic (exact) mass is 278 g/mol. The minimum Gasteiger partial charge on any atom is -0.497 e. The number of thiol groups is 1. The fraction of sp³-hybridized carbons (Fsp3) is 0.727. The molecule has 0 saturated carbocycles. The molecule has 0 fully saturated rings. The summed E-state index contributed by atoms with van der Waals surface area (Å²) in [7, 11) is 1.38. The van der Waals surface area contributed by atoms with Crippen LogP contribution >= 0.6 is 34.2 Å². The van der Waals surface area contributed by atoms with E-state index in [2.05, 4.69) is 18.6 Å². The Hall–Kier alpha value is 0.260. The second kappa shape index (κ2) is 8.37. The predicted molar refractivity (Wildman–Crippen MR) is 75.7 cm³/mol. The first kappa shape index (κ1) is 14.3. The van der Waals surface area contributed by atoms with Crippen molar-refractivity contribution >= 4 is 39.3 Å². The van der Waals surface area contributed by atoms with Gasteiger partial charge in [0.2, 0.25) is 0 Å². The largest absolute Gasteiger partial charge is 0.497 e. The molecule has 1 aliphatic heterocycles. The Morgan fingerprint density at radius 2 is 2.44 bits per heavy atom. The highest BCUT2D eigenvalue weighted by Gasteiger charge is 2.23. The summed E-state index contributed by atoms with van der Waals surface area (Å²) in [6.07, 6.45) is 6.57. The van der Waals surface area contributed by atoms with Crippen LogP contribution in [0.25, 0.3) is 0 Å². The quantitative estimate of drug-likeness (QED) is 0.331. The van der Waals surface area contributed by atoms with Crippen LogP contribution in [0.3, 0.4) is 0 Å². The molecule has 0 radical (unpaired) electrons. The Labute approximate surface area is 111 Å². The SMILES string of the molecule is CCCCCC1=CC(C(=O)SCSS)CO1. The Morgan fingerprint density at radius 1 is 1.62 bits per heavy atom. The van der Waals surface area contributed by atoms with Crippen molar-refractivity contribution in [1.29, 1.82) is 0 Å². The molecule has 0 saturated heterocycles. The van der Waals surface area contributed by atoms with E-state index in [0.717, 1.165) is 18.6 Å². The molecule has 1 rings (SSSR count). The number of hydrogen-bond acceptors (Lipinski definition) is 5. The number of allylic oxidation sites excluding steroid dienone is 1. The third kappa shape index (κ3) is 5.06. The van der Waals surface area contributed by atoms with Crippen LogP contribution in [-0.4, -0.2) is 16.8 Å². The van der Waals surface area contributed by atoms with Gasteiger partial charge in [-0.3, -0.25) is 4.79 Å². The van der Waals surface area contributed by atoms with Gasteiger partial charge in [-0.2, -0.15) is 0 Å². The number of hydrogen-bond donors (Lipinski definition) is 1. The average Bonchev–Trinajstić information content (AvgIpc) is 2.75. The van der Waals surface area contributed by atoms with Crippen LogP contribution in [0.2, 0.25) is 0 Å². The van der Waals surface area contributed by atoms with Crippen LogP contribution in [0.15, 0.2) is 11.8 Å². The highest BCUT2D eigenvalue weighted by molar-refractivity contribution is 8.70. The van der Waals surface area contributed by atoms with Crippen molar-refractivity contribution in [1.82, 2.24) is 0 Å². The van der Waals surface area contributed by atoms with Crippen molar-refractivity contribution in [2.45, 2.75) is 32.6 Å². The van der Waals surface area contributed by atoms with Gasteiger partial charge in [-0.25, -0.2) is 0 Å². The van der Waals surface area contributed by atoms with E-state index in [9.17, 15) is 4.79 Å². The van der Waals surface area contributed by atoms with Crippen molar-refractivity contribution < 1.29 is 9.53 Å². The molecular weight excluding hydrogens is 260 g/mol. The van der Waals surface area contributed by atoms with Crippen LogP contribution in [0.5, 0.6) is 0 Å². The second-order valence-electron chi connectivity index (χ2n) is 3.72. The van der Waals surface area contributed by atoms with Gasteiger partial charge in [-0.05, 0) is 12.5 Å². The Balaban J connectivity index is 2.28. The van der Waals surface area contributed by atoms with Gasteiger partial charge in [0.25, 0.3) is 0 Å². The summed E-state index contributed by atoms with van der Waals surface area (Å²) in [6.45, 7) is 2.71. The normalized spacial score (nSPS) is 19.4. The molecule has 92 valence electrons. The molecule has 1 aliphatic rings. The molecule has 1 atom stereocenters. The molecule has 2 nitrogen and oxygen atoms in total. The standard InChI is InChI=1S/C11H18O2S3/c1-2-3-4-5-10-6-9(7-13-10)11(12)15-8-16-14/h6,9,14H,2-5,7-8H2,1H3. The number of ether oxygens (including phenoxy) is 1. The van der Waals surface area contributed by atoms with E-state index in [-0.39, 0.29) is 11.0 Å². The summed E-state index contributed by atoms with van der Waals surface area (Å²) in [5, 5.41) is 0.907. The van der Waals surface area contributed by atoms with Crippen LogP contribution < -0.4 is 0 Å². The van der Waals surface area contributed by atoms with E-state index in [0.29, 0.717) is 11.7 Å². The summed E-state index contributed by atoms with van der Waals surface area (Å²) < 4.78 is 5.51. The zero-order valence-corrected chi connectivity index (χ0v) is 12.0. The number of carbonyl (C=O) groups is 1. The topological polar surface area (TPSA) is 26.3 Å². The van der Waals surface area contributed by atoms with E-state index in [1.54, 1.807) is 0 Å². The molecule has 0 amide bonds. The predicted octanol–water partition coefficient (Wildman–Crippen LogP) is 3.89. The first-order chi connectivity index (χ1) is 7.77. The van der Waals surface area contributed by atoms with Crippen molar-refractivity contribution in [3.63, 3.8) is 0 Å². The van der Waals surface area contributed by atoms with E-state index in [4.69, 9.17) is 4.74 Å². The molecule has 0 bridgehead atoms. The lowest BCUT2D eigenvalue weighted by Crippen LogP contribution is -2.09. The van der Waals surface area contributed by atoms with Gasteiger partial charge in [-0.1, -0.05) is 42.3 Å². The summed E-state index contributed by atoms with van der Waals surface area (Å²) in [5.74, 6) is 0.966. The summed E-state index contributed by atoms with van der Waals surface area (Å²) in [6, 6.07) is 0. The number of carbonyl (C=O) groups excluding carboxylic acids is 1. The van der Waals surface area contributed by atoms with Crippen molar-refractivity contribution in [3.05, 3.63) is 11.8 Å². The second-order valence-corrected chi connectivity index (χ2v) is 6.38. The maximum absolute atomic E-state index is 11.7. The minimum atomic E-state index is -0.0397. The average molecular weight is 278 g/mol. The van der Waals surface area contributed by atoms with Crippen molar-refractivity contribution in [2.24, 2.45) is 5.92 Å². The van der Waals surface area contributed by atoms with Crippen LogP contribution in [0.4, 0.5) is 0 Å². The Kier molecular flexibility index (Phi) is 7.49. The molecule has 0 N–H and O–H groups in total. The fourth-order valence-corrected chi connectivity index (χ4v) is 3.05. The Bertz CT molecular complexity index is 254. The zero-order chi connectivity index (χ0) is 11.8. The fourth-order valence-electron chi connectivity index (χ4n) is 1.55. The van der Waals surface area contributed by atoms with Gasteiger partial charge in [0.05, 0.1) is 16.8 Å². The lowest BCUT2D eigenvalue weighted by molar-refractivity contribution is -0.113. The molecular formula is C11H18O2S3. The van der Waals surface area contributed by atoms with E-state index < -0.39 is 0 Å². The number of rotatable bonds is 7. The molecule has 0 aliphatic carbocycles. The molecule has 1 unspecified atom stereocenters. The maximum atomic E-state index is 11.7. The van der Waals surface area contributed by atoms with E-state index >= 15 is 0 Å². The smallest absolute Gasteiger partial charge is 0.200 e. The van der Waals surface area contributed by atoms with Crippen LogP contribution in [0, 0.1) is 5.92 Å². The zero-order valence-electron chi connectivity index (χ0n) is 9.48. The molecule has 16 heavy (non-hydrogen) atoms. The molecule has 1 heterocycles. The molecule has 0 spiro atoms. The van der Waals surface area contributed by atoms with Gasteiger partial charge >= 0.3 is 0 Å². The van der Waals surface area contributed by atoms with E-state index in [1.807, 2.05) is 6.08 Å². The number of unbranched alkanes of at least 4 members (excludes halogenated alkanes) is 2. The van der Waals surface area contributed by atoms with Gasteiger partial charge < -0.3 is 4.74 Å². The van der Waals surface area contributed by atoms with E-state index in [1.165, 1.54) is 35.4 Å². The first-order valence-corrected chi connectivity index (χ1v) is 8.56. The Morgan fingerprint density at radius 3 is 3.12 bits per heavy atom. The highest BCUT2D eigenvalue weighted by atomic mass is 33.1. The van der Waals surface area contributed by atoms with Crippen molar-refractivity contribution in [3.8, 4) is 0 Å². The van der Waals surface area contributed by atoms with Crippen LogP contribution in [-0.2, 0) is 9.53 Å². The third-order valence-electron chi connectivity index (χ3n) is 2.42. The first-order valence-electron chi connectivity index (χ1n) is 5.54. The molecule has 0 aromatic heterocycles. The lowest BCUT2D eigenvalue weighted by atomic mass is 10.1. The van der Waals surface area contributed by atoms with Crippen LogP contribution in [0.1, 0.15) is 32.6 Å². The van der Waals surface area contributed by atoms with Crippen molar-refractivity contribution in [2.75, 3.05) is 11.7 Å². The van der Waals surface area contributed by atoms with Gasteiger partial charge in [0, 0.05) is 6.42 Å². The molecule has 0 aromatic rings. The molecule has 5 heteroatoms. The lowest BCUT2D eigenvalue weighted by Gasteiger charge is -2.03. The summed E-state index contributed by atoms with van der Waals surface area (Å²) >= 11 is 5.34. The highest BCUT2D eigenvalue weighted by Crippen LogP contribution is 2.27. The van der Waals surface area contributed by atoms with Gasteiger partial charge in [0.15, 0.2) is 5.12 Å². The van der Waals surface area contributed by atoms with Gasteiger partial charge in [0.1, 0.15) is 6.61 Å².